The molecule has 2 aromatic heterocycles. The number of hydrogen-bond donors (Lipinski definition) is 0. The average molecular weight is 355 g/mol. The Labute approximate surface area is 148 Å². The van der Waals surface area contributed by atoms with Gasteiger partial charge in [0, 0.05) is 30.5 Å². The van der Waals surface area contributed by atoms with Crippen molar-refractivity contribution in [3.63, 3.8) is 0 Å². The normalized spacial score (nSPS) is 13.2. The maximum absolute atomic E-state index is 13.2. The predicted octanol–water partition coefficient (Wildman–Crippen LogP) is 3.20. The second kappa shape index (κ2) is 6.82. The molecule has 0 amide bonds. The number of hydrogen-bond acceptors (Lipinski definition) is 4. The van der Waals surface area contributed by atoms with Crippen LogP contribution in [0.15, 0.2) is 67.6 Å². The standard InChI is InChI=1S/C19H21N3O2S/c1-4-19(15-8-6-11-20-13-15)25(23,24)22-12-10-17-16(14-21(2)3)7-5-9-18(17)22/h4-13,19H,1,14H2,2-3H3. The summed E-state index contributed by atoms with van der Waals surface area (Å²) in [4.78, 5) is 6.09. The fraction of sp³-hybridized carbons (Fsp3) is 0.211. The average Bonchev–Trinajstić information content (AvgIpc) is 3.02. The van der Waals surface area contributed by atoms with Gasteiger partial charge in [0.15, 0.2) is 0 Å². The van der Waals surface area contributed by atoms with Crippen LogP contribution in [-0.4, -0.2) is 36.4 Å². The highest BCUT2D eigenvalue weighted by Gasteiger charge is 2.27. The van der Waals surface area contributed by atoms with Crippen LogP contribution in [0.5, 0.6) is 0 Å². The minimum Gasteiger partial charge on any atom is -0.305 e. The fourth-order valence-electron chi connectivity index (χ4n) is 3.00. The van der Waals surface area contributed by atoms with Gasteiger partial charge in [0.2, 0.25) is 10.0 Å². The zero-order chi connectivity index (χ0) is 18.0. The Hall–Kier alpha value is -2.44. The molecule has 2 heterocycles. The molecule has 3 rings (SSSR count). The smallest absolute Gasteiger partial charge is 0.249 e. The summed E-state index contributed by atoms with van der Waals surface area (Å²) in [5.74, 6) is 0. The Balaban J connectivity index is 2.13. The summed E-state index contributed by atoms with van der Waals surface area (Å²) in [6.07, 6.45) is 6.25. The molecule has 0 spiro atoms. The van der Waals surface area contributed by atoms with Crippen molar-refractivity contribution in [1.29, 1.82) is 0 Å². The van der Waals surface area contributed by atoms with E-state index in [0.717, 1.165) is 17.5 Å². The first-order chi connectivity index (χ1) is 11.9. The van der Waals surface area contributed by atoms with Crippen molar-refractivity contribution in [2.45, 2.75) is 11.8 Å². The summed E-state index contributed by atoms with van der Waals surface area (Å²) < 4.78 is 27.8. The number of benzene rings is 1. The van der Waals surface area contributed by atoms with Gasteiger partial charge in [-0.05, 0) is 43.4 Å². The van der Waals surface area contributed by atoms with Gasteiger partial charge < -0.3 is 4.90 Å². The number of pyridine rings is 1. The third kappa shape index (κ3) is 3.23. The quantitative estimate of drug-likeness (QED) is 0.637. The van der Waals surface area contributed by atoms with Gasteiger partial charge in [-0.3, -0.25) is 4.98 Å². The molecule has 0 fully saturated rings. The topological polar surface area (TPSA) is 55.2 Å². The van der Waals surface area contributed by atoms with Crippen LogP contribution in [0, 0.1) is 0 Å². The highest BCUT2D eigenvalue weighted by Crippen LogP contribution is 2.30. The third-order valence-electron chi connectivity index (χ3n) is 4.10. The lowest BCUT2D eigenvalue weighted by molar-refractivity contribution is 0.404. The highest BCUT2D eigenvalue weighted by atomic mass is 32.2. The van der Waals surface area contributed by atoms with Crippen molar-refractivity contribution < 1.29 is 8.42 Å². The molecule has 0 aliphatic rings. The summed E-state index contributed by atoms with van der Waals surface area (Å²) in [7, 11) is 0.290. The number of rotatable bonds is 6. The van der Waals surface area contributed by atoms with E-state index in [2.05, 4.69) is 16.5 Å². The van der Waals surface area contributed by atoms with Crippen LogP contribution in [-0.2, 0) is 16.6 Å². The van der Waals surface area contributed by atoms with Crippen LogP contribution in [0.2, 0.25) is 0 Å². The second-order valence-electron chi connectivity index (χ2n) is 6.19. The second-order valence-corrected chi connectivity index (χ2v) is 8.12. The van der Waals surface area contributed by atoms with Gasteiger partial charge in [-0.1, -0.05) is 24.3 Å². The van der Waals surface area contributed by atoms with Gasteiger partial charge in [0.05, 0.1) is 5.52 Å². The minimum atomic E-state index is -3.69. The van der Waals surface area contributed by atoms with E-state index < -0.39 is 15.3 Å². The third-order valence-corrected chi connectivity index (χ3v) is 6.07. The molecule has 0 saturated heterocycles. The lowest BCUT2D eigenvalue weighted by Gasteiger charge is -2.16. The largest absolute Gasteiger partial charge is 0.305 e. The van der Waals surface area contributed by atoms with Crippen LogP contribution >= 0.6 is 0 Å². The zero-order valence-electron chi connectivity index (χ0n) is 14.3. The molecule has 25 heavy (non-hydrogen) atoms. The molecular formula is C19H21N3O2S. The lowest BCUT2D eigenvalue weighted by atomic mass is 10.1. The SMILES string of the molecule is C=CC(c1cccnc1)S(=O)(=O)n1ccc2c(CN(C)C)cccc21. The van der Waals surface area contributed by atoms with Crippen molar-refractivity contribution in [2.75, 3.05) is 14.1 Å². The summed E-state index contributed by atoms with van der Waals surface area (Å²) in [5.41, 5.74) is 2.37. The number of nitrogens with zero attached hydrogens (tertiary/aromatic N) is 3. The molecule has 3 aromatic rings. The van der Waals surface area contributed by atoms with Gasteiger partial charge in [0.25, 0.3) is 0 Å². The molecule has 130 valence electrons. The highest BCUT2D eigenvalue weighted by molar-refractivity contribution is 7.90. The molecular weight excluding hydrogens is 334 g/mol. The molecule has 6 heteroatoms. The van der Waals surface area contributed by atoms with E-state index in [-0.39, 0.29) is 0 Å². The monoisotopic (exact) mass is 355 g/mol. The van der Waals surface area contributed by atoms with E-state index >= 15 is 0 Å². The van der Waals surface area contributed by atoms with Crippen molar-refractivity contribution in [3.05, 3.63) is 78.8 Å². The molecule has 0 bridgehead atoms. The molecule has 0 N–H and O–H groups in total. The van der Waals surface area contributed by atoms with Crippen LogP contribution in [0.4, 0.5) is 0 Å². The molecule has 0 saturated carbocycles. The first kappa shape index (κ1) is 17.4. The molecule has 0 aliphatic heterocycles. The maximum atomic E-state index is 13.2. The minimum absolute atomic E-state index is 0.601. The molecule has 0 aliphatic carbocycles. The molecule has 0 radical (unpaired) electrons. The van der Waals surface area contributed by atoms with Gasteiger partial charge >= 0.3 is 0 Å². The van der Waals surface area contributed by atoms with Gasteiger partial charge in [-0.15, -0.1) is 6.58 Å². The lowest BCUT2D eigenvalue weighted by Crippen LogP contribution is -2.19. The Kier molecular flexibility index (Phi) is 4.74. The summed E-state index contributed by atoms with van der Waals surface area (Å²) in [5, 5.41) is 0.0862. The summed E-state index contributed by atoms with van der Waals surface area (Å²) in [6, 6.07) is 11.1. The Bertz CT molecular complexity index is 992. The number of fused-ring (bicyclic) bond motifs is 1. The zero-order valence-corrected chi connectivity index (χ0v) is 15.1. The van der Waals surface area contributed by atoms with Crippen LogP contribution < -0.4 is 0 Å². The van der Waals surface area contributed by atoms with Gasteiger partial charge in [-0.2, -0.15) is 0 Å². The maximum Gasteiger partial charge on any atom is 0.249 e. The van der Waals surface area contributed by atoms with E-state index in [1.807, 2.05) is 38.4 Å². The molecule has 1 atom stereocenters. The van der Waals surface area contributed by atoms with Crippen molar-refractivity contribution >= 4 is 20.9 Å². The first-order valence-corrected chi connectivity index (χ1v) is 9.46. The van der Waals surface area contributed by atoms with Gasteiger partial charge in [0.1, 0.15) is 5.25 Å². The Morgan fingerprint density at radius 2 is 2.04 bits per heavy atom. The first-order valence-electron chi connectivity index (χ1n) is 7.95. The summed E-state index contributed by atoms with van der Waals surface area (Å²) >= 11 is 0. The Morgan fingerprint density at radius 3 is 2.68 bits per heavy atom. The Morgan fingerprint density at radius 1 is 1.24 bits per heavy atom. The van der Waals surface area contributed by atoms with E-state index in [0.29, 0.717) is 11.1 Å². The van der Waals surface area contributed by atoms with Crippen LogP contribution in [0.3, 0.4) is 0 Å². The van der Waals surface area contributed by atoms with Crippen LogP contribution in [0.25, 0.3) is 10.9 Å². The number of aromatic nitrogens is 2. The summed E-state index contributed by atoms with van der Waals surface area (Å²) in [6.45, 7) is 4.47. The molecule has 1 unspecified atom stereocenters. The van der Waals surface area contributed by atoms with Crippen molar-refractivity contribution in [1.82, 2.24) is 13.9 Å². The predicted molar refractivity (Wildman–Crippen MR) is 101 cm³/mol. The van der Waals surface area contributed by atoms with E-state index in [1.54, 1.807) is 30.7 Å². The van der Waals surface area contributed by atoms with Crippen molar-refractivity contribution in [2.24, 2.45) is 0 Å². The van der Waals surface area contributed by atoms with Crippen molar-refractivity contribution in [3.8, 4) is 0 Å². The van der Waals surface area contributed by atoms with Gasteiger partial charge in [-0.25, -0.2) is 12.4 Å². The van der Waals surface area contributed by atoms with Crippen LogP contribution in [0.1, 0.15) is 16.4 Å². The van der Waals surface area contributed by atoms with E-state index in [1.165, 1.54) is 10.0 Å². The molecule has 5 nitrogen and oxygen atoms in total. The van der Waals surface area contributed by atoms with E-state index in [4.69, 9.17) is 0 Å². The fourth-order valence-corrected chi connectivity index (χ4v) is 4.64. The van der Waals surface area contributed by atoms with E-state index in [9.17, 15) is 8.42 Å². The molecule has 1 aromatic carbocycles.